The van der Waals surface area contributed by atoms with Crippen molar-refractivity contribution in [2.45, 2.75) is 19.1 Å². The Balaban J connectivity index is 1.80. The summed E-state index contributed by atoms with van der Waals surface area (Å²) in [6.45, 7) is 0.0886. The minimum Gasteiger partial charge on any atom is -0.382 e. The van der Waals surface area contributed by atoms with Crippen LogP contribution in [0.5, 0.6) is 0 Å². The average molecular weight is 333 g/mol. The Hall–Kier alpha value is -1.78. The Kier molecular flexibility index (Phi) is 5.27. The molecule has 0 spiro atoms. The van der Waals surface area contributed by atoms with Crippen molar-refractivity contribution in [3.05, 3.63) is 12.7 Å². The first kappa shape index (κ1) is 16.6. The van der Waals surface area contributed by atoms with Crippen molar-refractivity contribution in [3.63, 3.8) is 0 Å². The lowest BCUT2D eigenvalue weighted by Crippen LogP contribution is -2.24. The Bertz CT molecular complexity index is 673. The molecule has 22 heavy (non-hydrogen) atoms. The molecule has 0 bridgehead atoms. The molecule has 0 aliphatic heterocycles. The fraction of sp³-hybridized carbons (Fsp3) is 0.500. The fourth-order valence-corrected chi connectivity index (χ4v) is 2.00. The Morgan fingerprint density at radius 3 is 2.86 bits per heavy atom. The van der Waals surface area contributed by atoms with E-state index in [2.05, 4.69) is 15.0 Å². The molecule has 2 aromatic rings. The maximum atomic E-state index is 10.6. The van der Waals surface area contributed by atoms with Crippen molar-refractivity contribution < 1.29 is 29.0 Å². The summed E-state index contributed by atoms with van der Waals surface area (Å²) in [5, 5.41) is 9.75. The number of nitrogens with zero attached hydrogens (tertiary/aromatic N) is 4. The predicted octanol–water partition coefficient (Wildman–Crippen LogP) is -0.913. The van der Waals surface area contributed by atoms with E-state index in [4.69, 9.17) is 25.1 Å². The molecule has 0 fully saturated rings. The first-order chi connectivity index (χ1) is 10.4. The zero-order chi connectivity index (χ0) is 16.2. The number of anilines is 1. The van der Waals surface area contributed by atoms with Crippen molar-refractivity contribution in [2.75, 3.05) is 18.7 Å². The number of imidazole rings is 1. The van der Waals surface area contributed by atoms with Gasteiger partial charge in [0.1, 0.15) is 19.0 Å². The summed E-state index contributed by atoms with van der Waals surface area (Å²) in [4.78, 5) is 34.1. The van der Waals surface area contributed by atoms with Gasteiger partial charge in [-0.3, -0.25) is 4.57 Å². The minimum absolute atomic E-state index is 0.0886. The molecule has 1 unspecified atom stereocenters. The molecule has 0 aliphatic rings. The molecule has 122 valence electrons. The summed E-state index contributed by atoms with van der Waals surface area (Å²) in [6.07, 6.45) is 1.30. The minimum atomic E-state index is -4.16. The van der Waals surface area contributed by atoms with E-state index in [0.29, 0.717) is 17.6 Å². The van der Waals surface area contributed by atoms with Gasteiger partial charge >= 0.3 is 7.60 Å². The third-order valence-corrected chi connectivity index (χ3v) is 3.09. The molecule has 11 nitrogen and oxygen atoms in total. The molecule has 0 radical (unpaired) electrons. The topological polar surface area (TPSA) is 166 Å². The number of nitrogens with two attached hydrogens (primary N) is 1. The highest BCUT2D eigenvalue weighted by Crippen LogP contribution is 2.33. The van der Waals surface area contributed by atoms with Crippen LogP contribution < -0.4 is 10.6 Å². The lowest BCUT2D eigenvalue weighted by Gasteiger charge is -2.13. The largest absolute Gasteiger partial charge is 0.382 e. The van der Waals surface area contributed by atoms with Crippen LogP contribution in [0, 0.1) is 0 Å². The molecule has 0 amide bonds. The van der Waals surface area contributed by atoms with E-state index < -0.39 is 20.2 Å². The van der Waals surface area contributed by atoms with Crippen LogP contribution in [0.4, 0.5) is 5.82 Å². The van der Waals surface area contributed by atoms with Crippen molar-refractivity contribution in [3.8, 4) is 0 Å². The maximum Gasteiger partial charge on any atom is 0.350 e. The van der Waals surface area contributed by atoms with Crippen LogP contribution in [0.1, 0.15) is 12.8 Å². The molecule has 0 saturated heterocycles. The summed E-state index contributed by atoms with van der Waals surface area (Å²) in [6, 6.07) is 0. The van der Waals surface area contributed by atoms with E-state index in [9.17, 15) is 9.67 Å². The zero-order valence-electron chi connectivity index (χ0n) is 11.4. The van der Waals surface area contributed by atoms with Crippen molar-refractivity contribution >= 4 is 24.6 Å². The van der Waals surface area contributed by atoms with Gasteiger partial charge in [0.15, 0.2) is 11.3 Å². The Morgan fingerprint density at radius 2 is 2.14 bits per heavy atom. The fourth-order valence-electron chi connectivity index (χ4n) is 1.64. The zero-order valence-corrected chi connectivity index (χ0v) is 12.3. The van der Waals surface area contributed by atoms with Crippen LogP contribution in [0.15, 0.2) is 12.7 Å². The molecule has 0 saturated carbocycles. The van der Waals surface area contributed by atoms with E-state index in [-0.39, 0.29) is 18.8 Å². The highest BCUT2D eigenvalue weighted by atomic mass is 31.2. The van der Waals surface area contributed by atoms with Gasteiger partial charge in [0.25, 0.3) is 0 Å². The third-order valence-electron chi connectivity index (χ3n) is 2.57. The summed E-state index contributed by atoms with van der Waals surface area (Å²) < 4.78 is 16.5. The molecule has 0 aliphatic carbocycles. The Labute approximate surface area is 124 Å². The highest BCUT2D eigenvalue weighted by molar-refractivity contribution is 7.51. The van der Waals surface area contributed by atoms with Gasteiger partial charge in [-0.05, 0) is 6.42 Å². The van der Waals surface area contributed by atoms with Gasteiger partial charge in [0, 0.05) is 13.0 Å². The van der Waals surface area contributed by atoms with Crippen LogP contribution in [0.3, 0.4) is 0 Å². The smallest absolute Gasteiger partial charge is 0.350 e. The number of aromatic nitrogens is 4. The summed E-state index contributed by atoms with van der Waals surface area (Å²) >= 11 is 0. The van der Waals surface area contributed by atoms with E-state index in [0.717, 1.165) is 0 Å². The highest BCUT2D eigenvalue weighted by Gasteiger charge is 2.14. The molecular weight excluding hydrogens is 317 g/mol. The monoisotopic (exact) mass is 333 g/mol. The van der Waals surface area contributed by atoms with Crippen molar-refractivity contribution in [1.82, 2.24) is 19.7 Å². The second-order valence-corrected chi connectivity index (χ2v) is 5.99. The van der Waals surface area contributed by atoms with Crippen LogP contribution >= 0.6 is 7.60 Å². The maximum absolute atomic E-state index is 10.6. The van der Waals surface area contributed by atoms with Gasteiger partial charge in [0.05, 0.1) is 0 Å². The number of rotatable bonds is 8. The summed E-state index contributed by atoms with van der Waals surface area (Å²) in [5.41, 5.74) is 6.31. The van der Waals surface area contributed by atoms with E-state index >= 15 is 0 Å². The van der Waals surface area contributed by atoms with Crippen LogP contribution in [-0.4, -0.2) is 53.8 Å². The first-order valence-corrected chi connectivity index (χ1v) is 8.07. The number of hydrogen-bond donors (Lipinski definition) is 4. The van der Waals surface area contributed by atoms with Gasteiger partial charge in [-0.15, -0.1) is 4.73 Å². The van der Waals surface area contributed by atoms with Gasteiger partial charge in [-0.2, -0.15) is 0 Å². The number of aliphatic hydroxyl groups excluding tert-OH is 1. The van der Waals surface area contributed by atoms with Gasteiger partial charge in [-0.25, -0.2) is 15.0 Å². The number of nitrogen functional groups attached to an aromatic ring is 1. The molecule has 5 N–H and O–H groups in total. The van der Waals surface area contributed by atoms with Crippen molar-refractivity contribution in [2.24, 2.45) is 0 Å². The molecule has 2 rings (SSSR count). The summed E-state index contributed by atoms with van der Waals surface area (Å²) in [5.74, 6) is 0.202. The molecule has 2 heterocycles. The molecule has 12 heteroatoms. The lowest BCUT2D eigenvalue weighted by atomic mass is 10.3. The van der Waals surface area contributed by atoms with Crippen molar-refractivity contribution in [1.29, 1.82) is 0 Å². The lowest BCUT2D eigenvalue weighted by molar-refractivity contribution is -0.107. The van der Waals surface area contributed by atoms with Gasteiger partial charge in [0.2, 0.25) is 11.9 Å². The van der Waals surface area contributed by atoms with E-state index in [1.165, 1.54) is 17.4 Å². The Morgan fingerprint density at radius 1 is 1.36 bits per heavy atom. The second-order valence-electron chi connectivity index (χ2n) is 4.41. The quantitative estimate of drug-likeness (QED) is 0.270. The van der Waals surface area contributed by atoms with Gasteiger partial charge < -0.3 is 30.2 Å². The number of aliphatic hydroxyl groups is 1. The predicted molar refractivity (Wildman–Crippen MR) is 74.4 cm³/mol. The number of fused-ring (bicyclic) bond motifs is 1. The van der Waals surface area contributed by atoms with E-state index in [1.54, 1.807) is 0 Å². The standard InChI is InChI=1S/C10H16N5O6P/c11-9-8-10(13-4-12-9)15(5-14-8)21-7(16)2-1-3-20-6-22(17,18)19/h4-5,7,16H,1-3,6H2,(H2,11,12,13)(H2,17,18,19). The molecule has 1 atom stereocenters. The molecule has 2 aromatic heterocycles. The number of ether oxygens (including phenoxy) is 1. The van der Waals surface area contributed by atoms with Crippen LogP contribution in [0.25, 0.3) is 11.2 Å². The number of hydrogen-bond acceptors (Lipinski definition) is 8. The van der Waals surface area contributed by atoms with Gasteiger partial charge in [-0.1, -0.05) is 0 Å². The van der Waals surface area contributed by atoms with E-state index in [1.807, 2.05) is 0 Å². The SMILES string of the molecule is Nc1ncnc2c1ncn2OC(O)CCCOCP(=O)(O)O. The van der Waals surface area contributed by atoms with Crippen LogP contribution in [0.2, 0.25) is 0 Å². The van der Waals surface area contributed by atoms with Crippen LogP contribution in [-0.2, 0) is 9.30 Å². The normalized spacial score (nSPS) is 13.4. The second kappa shape index (κ2) is 6.99. The first-order valence-electron chi connectivity index (χ1n) is 6.28. The average Bonchev–Trinajstić information content (AvgIpc) is 2.82. The third kappa shape index (κ3) is 4.61. The molecule has 0 aromatic carbocycles. The summed E-state index contributed by atoms with van der Waals surface area (Å²) in [7, 11) is -4.16. The molecular formula is C10H16N5O6P.